The number of likely N-dealkylation sites (tertiary alicyclic amines) is 1. The molecule has 27 heavy (non-hydrogen) atoms. The molecule has 1 amide bonds. The Morgan fingerprint density at radius 2 is 2.04 bits per heavy atom. The van der Waals surface area contributed by atoms with E-state index in [1.165, 1.54) is 17.5 Å². The van der Waals surface area contributed by atoms with Gasteiger partial charge in [-0.2, -0.15) is 0 Å². The van der Waals surface area contributed by atoms with Crippen LogP contribution in [0.4, 0.5) is 0 Å². The Morgan fingerprint density at radius 1 is 1.22 bits per heavy atom. The van der Waals surface area contributed by atoms with Crippen molar-refractivity contribution in [2.45, 2.75) is 25.4 Å². The first-order chi connectivity index (χ1) is 13.1. The summed E-state index contributed by atoms with van der Waals surface area (Å²) in [7, 11) is 1.67. The van der Waals surface area contributed by atoms with Crippen LogP contribution < -0.4 is 10.5 Å². The summed E-state index contributed by atoms with van der Waals surface area (Å²) in [5.41, 5.74) is 9.07. The van der Waals surface area contributed by atoms with Gasteiger partial charge in [-0.05, 0) is 48.2 Å². The van der Waals surface area contributed by atoms with Crippen LogP contribution in [-0.4, -0.2) is 35.6 Å². The second-order valence-electron chi connectivity index (χ2n) is 7.26. The van der Waals surface area contributed by atoms with E-state index in [0.29, 0.717) is 5.92 Å². The van der Waals surface area contributed by atoms with Gasteiger partial charge in [0.25, 0.3) is 0 Å². The van der Waals surface area contributed by atoms with Crippen LogP contribution in [0.15, 0.2) is 54.7 Å². The van der Waals surface area contributed by atoms with Crippen LogP contribution >= 0.6 is 0 Å². The highest BCUT2D eigenvalue weighted by atomic mass is 16.5. The van der Waals surface area contributed by atoms with Crippen molar-refractivity contribution in [3.8, 4) is 5.75 Å². The van der Waals surface area contributed by atoms with Gasteiger partial charge in [0.1, 0.15) is 12.3 Å². The predicted octanol–water partition coefficient (Wildman–Crippen LogP) is 3.12. The largest absolute Gasteiger partial charge is 0.497 e. The van der Waals surface area contributed by atoms with Crippen LogP contribution in [-0.2, 0) is 17.9 Å². The molecule has 140 valence electrons. The fraction of sp³-hybridized carbons (Fsp3) is 0.318. The van der Waals surface area contributed by atoms with Gasteiger partial charge in [-0.1, -0.05) is 30.3 Å². The van der Waals surface area contributed by atoms with E-state index < -0.39 is 0 Å². The number of amides is 1. The van der Waals surface area contributed by atoms with Gasteiger partial charge in [0, 0.05) is 30.2 Å². The zero-order valence-electron chi connectivity index (χ0n) is 15.6. The maximum atomic E-state index is 11.5. The number of fused-ring (bicyclic) bond motifs is 1. The summed E-state index contributed by atoms with van der Waals surface area (Å²) >= 11 is 0. The van der Waals surface area contributed by atoms with E-state index in [4.69, 9.17) is 10.5 Å². The molecule has 0 spiro atoms. The minimum atomic E-state index is -0.334. The van der Waals surface area contributed by atoms with Gasteiger partial charge >= 0.3 is 0 Å². The van der Waals surface area contributed by atoms with Gasteiger partial charge in [-0.25, -0.2) is 0 Å². The molecule has 5 heteroatoms. The number of ether oxygens (including phenoxy) is 1. The molecule has 1 aromatic heterocycles. The van der Waals surface area contributed by atoms with Crippen LogP contribution in [0.3, 0.4) is 0 Å². The zero-order chi connectivity index (χ0) is 18.8. The fourth-order valence-corrected chi connectivity index (χ4v) is 4.12. The van der Waals surface area contributed by atoms with E-state index in [1.807, 2.05) is 22.8 Å². The maximum absolute atomic E-state index is 11.5. The number of primary amides is 1. The fourth-order valence-electron chi connectivity index (χ4n) is 4.12. The highest BCUT2D eigenvalue weighted by Gasteiger charge is 2.24. The van der Waals surface area contributed by atoms with Crippen molar-refractivity contribution < 1.29 is 9.53 Å². The smallest absolute Gasteiger partial charge is 0.237 e. The lowest BCUT2D eigenvalue weighted by atomic mass is 9.99. The molecule has 2 N–H and O–H groups in total. The first-order valence-electron chi connectivity index (χ1n) is 9.35. The number of methoxy groups -OCH3 is 1. The topological polar surface area (TPSA) is 60.5 Å². The minimum absolute atomic E-state index is 0.190. The molecule has 0 unspecified atom stereocenters. The maximum Gasteiger partial charge on any atom is 0.237 e. The number of hydrogen-bond donors (Lipinski definition) is 1. The lowest BCUT2D eigenvalue weighted by Crippen LogP contribution is -2.20. The van der Waals surface area contributed by atoms with Gasteiger partial charge < -0.3 is 15.0 Å². The summed E-state index contributed by atoms with van der Waals surface area (Å²) in [6.07, 6.45) is 3.23. The summed E-state index contributed by atoms with van der Waals surface area (Å²) in [4.78, 5) is 13.9. The van der Waals surface area contributed by atoms with Gasteiger partial charge in [0.2, 0.25) is 5.91 Å². The van der Waals surface area contributed by atoms with Gasteiger partial charge in [0.05, 0.1) is 7.11 Å². The molecule has 1 aliphatic rings. The first kappa shape index (κ1) is 17.6. The van der Waals surface area contributed by atoms with E-state index in [9.17, 15) is 4.79 Å². The van der Waals surface area contributed by atoms with Crippen molar-refractivity contribution in [2.24, 2.45) is 5.73 Å². The third-order valence-corrected chi connectivity index (χ3v) is 5.43. The molecule has 0 bridgehead atoms. The number of hydrogen-bond acceptors (Lipinski definition) is 3. The van der Waals surface area contributed by atoms with Crippen molar-refractivity contribution in [1.29, 1.82) is 0 Å². The summed E-state index contributed by atoms with van der Waals surface area (Å²) in [5, 5.41) is 1.12. The number of carbonyl (C=O) groups excluding carboxylic acids is 1. The monoisotopic (exact) mass is 363 g/mol. The van der Waals surface area contributed by atoms with Crippen LogP contribution in [0, 0.1) is 0 Å². The molecule has 2 aromatic carbocycles. The van der Waals surface area contributed by atoms with Gasteiger partial charge in [-0.3, -0.25) is 9.69 Å². The van der Waals surface area contributed by atoms with Crippen molar-refractivity contribution in [3.05, 3.63) is 65.9 Å². The Morgan fingerprint density at radius 3 is 2.78 bits per heavy atom. The summed E-state index contributed by atoms with van der Waals surface area (Å²) in [6.45, 7) is 3.18. The number of carbonyl (C=O) groups is 1. The Bertz CT molecular complexity index is 949. The quantitative estimate of drug-likeness (QED) is 0.732. The average Bonchev–Trinajstić information content (AvgIpc) is 3.27. The molecule has 4 rings (SSSR count). The number of benzene rings is 2. The SMILES string of the molecule is COc1ccc2c(c1)c(CN1CC[C@H](c3ccccc3)C1)cn2CC(N)=O. The number of aromatic nitrogens is 1. The van der Waals surface area contributed by atoms with Gasteiger partial charge in [-0.15, -0.1) is 0 Å². The van der Waals surface area contributed by atoms with Crippen molar-refractivity contribution in [2.75, 3.05) is 20.2 Å². The second-order valence-corrected chi connectivity index (χ2v) is 7.26. The van der Waals surface area contributed by atoms with Crippen LogP contribution in [0.5, 0.6) is 5.75 Å². The zero-order valence-corrected chi connectivity index (χ0v) is 15.6. The molecule has 2 heterocycles. The highest BCUT2D eigenvalue weighted by molar-refractivity contribution is 5.87. The number of rotatable bonds is 6. The summed E-state index contributed by atoms with van der Waals surface area (Å²) in [5.74, 6) is 1.07. The van der Waals surface area contributed by atoms with Gasteiger partial charge in [0.15, 0.2) is 0 Å². The Kier molecular flexibility index (Phi) is 4.86. The molecule has 1 aliphatic heterocycles. The van der Waals surface area contributed by atoms with Crippen LogP contribution in [0.2, 0.25) is 0 Å². The van der Waals surface area contributed by atoms with Crippen LogP contribution in [0.25, 0.3) is 10.9 Å². The predicted molar refractivity (Wildman–Crippen MR) is 107 cm³/mol. The van der Waals surface area contributed by atoms with E-state index >= 15 is 0 Å². The molecule has 1 fully saturated rings. The minimum Gasteiger partial charge on any atom is -0.497 e. The van der Waals surface area contributed by atoms with Crippen LogP contribution in [0.1, 0.15) is 23.5 Å². The first-order valence-corrected chi connectivity index (χ1v) is 9.35. The number of nitrogens with two attached hydrogens (primary N) is 1. The van der Waals surface area contributed by atoms with Crippen molar-refractivity contribution in [3.63, 3.8) is 0 Å². The third kappa shape index (κ3) is 3.69. The van der Waals surface area contributed by atoms with E-state index in [2.05, 4.69) is 41.4 Å². The lowest BCUT2D eigenvalue weighted by Gasteiger charge is -2.16. The van der Waals surface area contributed by atoms with E-state index in [0.717, 1.165) is 36.3 Å². The molecule has 1 saturated heterocycles. The Hall–Kier alpha value is -2.79. The third-order valence-electron chi connectivity index (χ3n) is 5.43. The molecular weight excluding hydrogens is 338 g/mol. The van der Waals surface area contributed by atoms with Crippen molar-refractivity contribution >= 4 is 16.8 Å². The standard InChI is InChI=1S/C22H25N3O2/c1-27-19-7-8-21-20(11-19)18(14-25(21)15-22(23)26)13-24-10-9-17(12-24)16-5-3-2-4-6-16/h2-8,11,14,17H,9-10,12-13,15H2,1H3,(H2,23,26)/t17-/m0/s1. The molecule has 0 saturated carbocycles. The Labute approximate surface area is 159 Å². The lowest BCUT2D eigenvalue weighted by molar-refractivity contribution is -0.118. The van der Waals surface area contributed by atoms with Crippen molar-refractivity contribution in [1.82, 2.24) is 9.47 Å². The highest BCUT2D eigenvalue weighted by Crippen LogP contribution is 2.31. The normalized spacial score (nSPS) is 17.4. The average molecular weight is 363 g/mol. The molecular formula is C22H25N3O2. The van der Waals surface area contributed by atoms with E-state index in [1.54, 1.807) is 7.11 Å². The Balaban J connectivity index is 1.59. The molecule has 0 radical (unpaired) electrons. The second kappa shape index (κ2) is 7.45. The molecule has 3 aromatic rings. The van der Waals surface area contributed by atoms with E-state index in [-0.39, 0.29) is 12.5 Å². The molecule has 5 nitrogen and oxygen atoms in total. The summed E-state index contributed by atoms with van der Waals surface area (Å²) < 4.78 is 7.34. The molecule has 1 atom stereocenters. The molecule has 0 aliphatic carbocycles. The summed E-state index contributed by atoms with van der Waals surface area (Å²) in [6, 6.07) is 16.7. The number of nitrogens with zero attached hydrogens (tertiary/aromatic N) is 2.